The van der Waals surface area contributed by atoms with Gasteiger partial charge in [0, 0.05) is 11.9 Å². The van der Waals surface area contributed by atoms with Gasteiger partial charge in [-0.1, -0.05) is 35.6 Å². The minimum absolute atomic E-state index is 0.0520. The summed E-state index contributed by atoms with van der Waals surface area (Å²) in [5.41, 5.74) is 2.12. The lowest BCUT2D eigenvalue weighted by atomic mass is 10.2. The molecule has 4 aromatic rings. The normalized spacial score (nSPS) is 11.4. The van der Waals surface area contributed by atoms with E-state index in [-0.39, 0.29) is 11.5 Å². The van der Waals surface area contributed by atoms with Crippen LogP contribution in [0.25, 0.3) is 10.9 Å². The van der Waals surface area contributed by atoms with E-state index < -0.39 is 16.0 Å². The number of anilines is 3. The first-order valence-electron chi connectivity index (χ1n) is 10.3. The van der Waals surface area contributed by atoms with Crippen molar-refractivity contribution in [3.63, 3.8) is 0 Å². The molecular weight excluding hydrogens is 476 g/mol. The number of rotatable bonds is 8. The summed E-state index contributed by atoms with van der Waals surface area (Å²) in [6.07, 6.45) is 0. The lowest BCUT2D eigenvalue weighted by Gasteiger charge is -2.11. The molecule has 0 aliphatic heterocycles. The summed E-state index contributed by atoms with van der Waals surface area (Å²) in [7, 11) is -3.74. The smallest absolute Gasteiger partial charge is 0.350 e. The van der Waals surface area contributed by atoms with E-state index in [0.717, 1.165) is 10.9 Å². The Hall–Kier alpha value is -3.61. The molecule has 12 heteroatoms. The summed E-state index contributed by atoms with van der Waals surface area (Å²) < 4.78 is 28.0. The molecule has 2 aromatic carbocycles. The molecule has 176 valence electrons. The Morgan fingerprint density at radius 2 is 1.82 bits per heavy atom. The maximum atomic E-state index is 12.1. The Morgan fingerprint density at radius 3 is 2.53 bits per heavy atom. The lowest BCUT2D eigenvalue weighted by Crippen LogP contribution is -2.12. The summed E-state index contributed by atoms with van der Waals surface area (Å²) in [6, 6.07) is 13.8. The zero-order valence-electron chi connectivity index (χ0n) is 18.4. The van der Waals surface area contributed by atoms with Crippen LogP contribution < -0.4 is 15.8 Å². The third-order valence-electron chi connectivity index (χ3n) is 4.79. The fourth-order valence-corrected chi connectivity index (χ4v) is 4.55. The highest BCUT2D eigenvalue weighted by molar-refractivity contribution is 7.89. The molecule has 10 nitrogen and oxygen atoms in total. The molecule has 4 rings (SSSR count). The molecule has 0 unspecified atom stereocenters. The van der Waals surface area contributed by atoms with E-state index in [0.29, 0.717) is 39.5 Å². The van der Waals surface area contributed by atoms with Crippen LogP contribution >= 0.6 is 11.3 Å². The van der Waals surface area contributed by atoms with Gasteiger partial charge in [0.25, 0.3) is 0 Å². The third kappa shape index (κ3) is 5.30. The van der Waals surface area contributed by atoms with Gasteiger partial charge in [-0.2, -0.15) is 4.98 Å². The molecule has 0 amide bonds. The number of thiazole rings is 1. The van der Waals surface area contributed by atoms with Crippen LogP contribution in [-0.4, -0.2) is 35.9 Å². The number of esters is 1. The molecule has 0 bridgehead atoms. The third-order valence-corrected chi connectivity index (χ3v) is 6.77. The van der Waals surface area contributed by atoms with Crippen LogP contribution in [0.4, 0.5) is 16.9 Å². The van der Waals surface area contributed by atoms with E-state index in [9.17, 15) is 13.2 Å². The number of hydrogen-bond donors (Lipinski definition) is 3. The molecular formula is C22H22N6O4S2. The molecule has 34 heavy (non-hydrogen) atoms. The van der Waals surface area contributed by atoms with E-state index >= 15 is 0 Å². The predicted molar refractivity (Wildman–Crippen MR) is 131 cm³/mol. The fraction of sp³-hybridized carbons (Fsp3) is 0.182. The Kier molecular flexibility index (Phi) is 6.72. The second-order valence-corrected chi connectivity index (χ2v) is 9.79. The van der Waals surface area contributed by atoms with E-state index in [1.54, 1.807) is 26.0 Å². The number of primary sulfonamides is 1. The molecule has 2 heterocycles. The van der Waals surface area contributed by atoms with Crippen molar-refractivity contribution in [2.24, 2.45) is 5.14 Å². The number of sulfonamides is 1. The molecule has 0 aliphatic rings. The Morgan fingerprint density at radius 1 is 1.09 bits per heavy atom. The van der Waals surface area contributed by atoms with Crippen LogP contribution in [0.5, 0.6) is 0 Å². The monoisotopic (exact) mass is 498 g/mol. The standard InChI is InChI=1S/C22H22N6O4S2/c1-3-32-20(29)18-13(2)25-22(33-18)28-21-26-17-7-5-4-6-16(17)19(27-21)24-12-14-8-10-15(11-9-14)34(23,30)31/h4-11H,3,12H2,1-2H3,(H2,23,30,31)(H2,24,25,26,27,28). The van der Waals surface area contributed by atoms with Crippen LogP contribution in [0.2, 0.25) is 0 Å². The number of aryl methyl sites for hydroxylation is 1. The fourth-order valence-electron chi connectivity index (χ4n) is 3.18. The Labute approximate surface area is 200 Å². The number of benzene rings is 2. The van der Waals surface area contributed by atoms with Gasteiger partial charge in [-0.3, -0.25) is 5.32 Å². The summed E-state index contributed by atoms with van der Waals surface area (Å²) in [5, 5.41) is 12.8. The topological polar surface area (TPSA) is 149 Å². The van der Waals surface area contributed by atoms with Gasteiger partial charge < -0.3 is 10.1 Å². The van der Waals surface area contributed by atoms with Crippen molar-refractivity contribution in [1.82, 2.24) is 15.0 Å². The zero-order valence-corrected chi connectivity index (χ0v) is 20.0. The largest absolute Gasteiger partial charge is 0.462 e. The van der Waals surface area contributed by atoms with E-state index in [1.165, 1.54) is 23.5 Å². The molecule has 2 aromatic heterocycles. The number of para-hydroxylation sites is 1. The number of fused-ring (bicyclic) bond motifs is 1. The highest BCUT2D eigenvalue weighted by atomic mass is 32.2. The number of carbonyl (C=O) groups is 1. The predicted octanol–water partition coefficient (Wildman–Crippen LogP) is 3.57. The minimum atomic E-state index is -3.74. The SMILES string of the molecule is CCOC(=O)c1sc(Nc2nc(NCc3ccc(S(N)(=O)=O)cc3)c3ccccc3n2)nc1C. The van der Waals surface area contributed by atoms with Gasteiger partial charge in [-0.05, 0) is 43.7 Å². The minimum Gasteiger partial charge on any atom is -0.462 e. The maximum absolute atomic E-state index is 12.1. The number of ether oxygens (including phenoxy) is 1. The summed E-state index contributed by atoms with van der Waals surface area (Å²) >= 11 is 1.17. The van der Waals surface area contributed by atoms with Crippen LogP contribution in [0.1, 0.15) is 27.9 Å². The zero-order chi connectivity index (χ0) is 24.3. The van der Waals surface area contributed by atoms with Crippen molar-refractivity contribution >= 4 is 55.1 Å². The quantitative estimate of drug-likeness (QED) is 0.310. The first-order chi connectivity index (χ1) is 16.2. The van der Waals surface area contributed by atoms with Gasteiger partial charge in [-0.15, -0.1) is 0 Å². The van der Waals surface area contributed by atoms with Gasteiger partial charge in [0.1, 0.15) is 10.7 Å². The summed E-state index contributed by atoms with van der Waals surface area (Å²) in [5.74, 6) is 0.484. The summed E-state index contributed by atoms with van der Waals surface area (Å²) in [6.45, 7) is 4.17. The van der Waals surface area contributed by atoms with Gasteiger partial charge in [-0.25, -0.2) is 28.3 Å². The first-order valence-corrected chi connectivity index (χ1v) is 12.6. The van der Waals surface area contributed by atoms with Crippen molar-refractivity contribution in [3.8, 4) is 0 Å². The highest BCUT2D eigenvalue weighted by Crippen LogP contribution is 2.28. The molecule has 0 aliphatic carbocycles. The van der Waals surface area contributed by atoms with Crippen LogP contribution in [0, 0.1) is 6.92 Å². The van der Waals surface area contributed by atoms with Gasteiger partial charge in [0.05, 0.1) is 22.7 Å². The van der Waals surface area contributed by atoms with Crippen molar-refractivity contribution < 1.29 is 17.9 Å². The first kappa shape index (κ1) is 23.5. The van der Waals surface area contributed by atoms with Gasteiger partial charge >= 0.3 is 5.97 Å². The molecule has 4 N–H and O–H groups in total. The summed E-state index contributed by atoms with van der Waals surface area (Å²) in [4.78, 5) is 26.1. The Bertz CT molecular complexity index is 1450. The Balaban J connectivity index is 1.58. The van der Waals surface area contributed by atoms with Crippen molar-refractivity contribution in [1.29, 1.82) is 0 Å². The van der Waals surface area contributed by atoms with Crippen LogP contribution in [0.15, 0.2) is 53.4 Å². The average molecular weight is 499 g/mol. The van der Waals surface area contributed by atoms with Gasteiger partial charge in [0.15, 0.2) is 5.13 Å². The van der Waals surface area contributed by atoms with Crippen molar-refractivity contribution in [3.05, 3.63) is 64.7 Å². The number of aromatic nitrogens is 3. The van der Waals surface area contributed by atoms with E-state index in [2.05, 4.69) is 25.6 Å². The molecule has 0 spiro atoms. The lowest BCUT2D eigenvalue weighted by molar-refractivity contribution is 0.0531. The maximum Gasteiger partial charge on any atom is 0.350 e. The van der Waals surface area contributed by atoms with E-state index in [4.69, 9.17) is 9.88 Å². The number of hydrogen-bond acceptors (Lipinski definition) is 10. The van der Waals surface area contributed by atoms with E-state index in [1.807, 2.05) is 24.3 Å². The second-order valence-electron chi connectivity index (χ2n) is 7.23. The van der Waals surface area contributed by atoms with Crippen molar-refractivity contribution in [2.75, 3.05) is 17.2 Å². The van der Waals surface area contributed by atoms with Gasteiger partial charge in [0.2, 0.25) is 16.0 Å². The van der Waals surface area contributed by atoms with Crippen LogP contribution in [-0.2, 0) is 21.3 Å². The van der Waals surface area contributed by atoms with Crippen molar-refractivity contribution in [2.45, 2.75) is 25.3 Å². The number of nitrogens with one attached hydrogen (secondary N) is 2. The second kappa shape index (κ2) is 9.71. The average Bonchev–Trinajstić information content (AvgIpc) is 3.17. The molecule has 0 atom stereocenters. The number of nitrogens with two attached hydrogens (primary N) is 1. The molecule has 0 fully saturated rings. The van der Waals surface area contributed by atoms with Crippen LogP contribution in [0.3, 0.4) is 0 Å². The highest BCUT2D eigenvalue weighted by Gasteiger charge is 2.17. The molecule has 0 saturated heterocycles. The number of nitrogens with zero attached hydrogens (tertiary/aromatic N) is 3. The molecule has 0 saturated carbocycles. The number of carbonyl (C=O) groups excluding carboxylic acids is 1. The molecule has 0 radical (unpaired) electrons.